The summed E-state index contributed by atoms with van der Waals surface area (Å²) in [6, 6.07) is 0.286. The summed E-state index contributed by atoms with van der Waals surface area (Å²) in [5.41, 5.74) is 2.45. The van der Waals surface area contributed by atoms with Crippen molar-refractivity contribution in [1.82, 2.24) is 24.8 Å². The van der Waals surface area contributed by atoms with Crippen molar-refractivity contribution < 1.29 is 4.79 Å². The Hall–Kier alpha value is -2.18. The third kappa shape index (κ3) is 4.10. The normalized spacial score (nSPS) is 32.9. The van der Waals surface area contributed by atoms with Gasteiger partial charge >= 0.3 is 0 Å². The largest absolute Gasteiger partial charge is 0.355 e. The van der Waals surface area contributed by atoms with Crippen LogP contribution in [0.2, 0.25) is 0 Å². The summed E-state index contributed by atoms with van der Waals surface area (Å²) in [5.74, 6) is 5.41. The van der Waals surface area contributed by atoms with E-state index in [1.54, 1.807) is 6.33 Å². The fourth-order valence-electron chi connectivity index (χ4n) is 9.31. The Morgan fingerprint density at radius 3 is 2.47 bits per heavy atom. The highest BCUT2D eigenvalue weighted by molar-refractivity contribution is 5.84. The van der Waals surface area contributed by atoms with Crippen LogP contribution in [-0.4, -0.2) is 44.6 Å². The molecule has 2 aromatic rings. The summed E-state index contributed by atoms with van der Waals surface area (Å²) in [6.07, 6.45) is 18.0. The van der Waals surface area contributed by atoms with Gasteiger partial charge in [-0.2, -0.15) is 0 Å². The molecule has 2 aliphatic heterocycles. The molecule has 1 N–H and O–H groups in total. The molecule has 0 spiro atoms. The first-order valence-electron chi connectivity index (χ1n) is 14.8. The maximum Gasteiger partial charge on any atom is 0.223 e. The lowest BCUT2D eigenvalue weighted by Gasteiger charge is -2.57. The van der Waals surface area contributed by atoms with Crippen LogP contribution in [0.5, 0.6) is 0 Å². The molecule has 0 aromatic carbocycles. The minimum atomic E-state index is 0.108. The number of imidazole rings is 1. The zero-order chi connectivity index (χ0) is 24.3. The van der Waals surface area contributed by atoms with Crippen LogP contribution in [0, 0.1) is 29.1 Å². The molecular formula is C29H42N6O. The summed E-state index contributed by atoms with van der Waals surface area (Å²) < 4.78 is 2.30. The first-order chi connectivity index (χ1) is 17.6. The zero-order valence-corrected chi connectivity index (χ0v) is 21.9. The lowest BCUT2D eigenvalue weighted by molar-refractivity contribution is -0.127. The Morgan fingerprint density at radius 1 is 1.03 bits per heavy atom. The molecule has 7 nitrogen and oxygen atoms in total. The molecule has 4 bridgehead atoms. The Balaban J connectivity index is 0.974. The van der Waals surface area contributed by atoms with Crippen LogP contribution in [0.15, 0.2) is 6.33 Å². The molecule has 5 fully saturated rings. The van der Waals surface area contributed by atoms with Crippen LogP contribution in [0.1, 0.15) is 89.8 Å². The fourth-order valence-corrected chi connectivity index (χ4v) is 9.31. The Kier molecular flexibility index (Phi) is 5.73. The minimum Gasteiger partial charge on any atom is -0.355 e. The number of fused-ring (bicyclic) bond motifs is 3. The van der Waals surface area contributed by atoms with Gasteiger partial charge in [0, 0.05) is 38.0 Å². The van der Waals surface area contributed by atoms with E-state index >= 15 is 0 Å². The van der Waals surface area contributed by atoms with E-state index in [4.69, 9.17) is 4.98 Å². The molecule has 4 heterocycles. The molecule has 0 radical (unpaired) electrons. The van der Waals surface area contributed by atoms with Crippen molar-refractivity contribution in [2.45, 2.75) is 103 Å². The van der Waals surface area contributed by atoms with Crippen LogP contribution >= 0.6 is 0 Å². The summed E-state index contributed by atoms with van der Waals surface area (Å²) in [4.78, 5) is 29.8. The third-order valence-electron chi connectivity index (χ3n) is 10.3. The van der Waals surface area contributed by atoms with E-state index in [9.17, 15) is 4.79 Å². The van der Waals surface area contributed by atoms with E-state index < -0.39 is 0 Å². The monoisotopic (exact) mass is 490 g/mol. The van der Waals surface area contributed by atoms with Gasteiger partial charge in [-0.05, 0) is 101 Å². The van der Waals surface area contributed by atoms with Crippen molar-refractivity contribution in [2.24, 2.45) is 29.1 Å². The van der Waals surface area contributed by atoms with Gasteiger partial charge in [0.25, 0.3) is 0 Å². The number of anilines is 1. The molecule has 2 aromatic heterocycles. The SMILES string of the molecule is C[C@H](CC12CC3CC(CC(C3)C1)C2)NC(=O)C1CCN(c2ncnc3c2nc2n3CCCCC2)CC1. The number of hydrogen-bond acceptors (Lipinski definition) is 5. The zero-order valence-electron chi connectivity index (χ0n) is 21.9. The number of hydrogen-bond donors (Lipinski definition) is 1. The second-order valence-corrected chi connectivity index (χ2v) is 13.2. The number of amides is 1. The van der Waals surface area contributed by atoms with Crippen LogP contribution in [0.25, 0.3) is 11.2 Å². The van der Waals surface area contributed by atoms with Gasteiger partial charge in [-0.1, -0.05) is 6.42 Å². The van der Waals surface area contributed by atoms with E-state index in [0.717, 1.165) is 79.5 Å². The van der Waals surface area contributed by atoms with Crippen molar-refractivity contribution in [3.63, 3.8) is 0 Å². The van der Waals surface area contributed by atoms with Gasteiger partial charge in [-0.15, -0.1) is 0 Å². The minimum absolute atomic E-state index is 0.108. The average molecular weight is 491 g/mol. The van der Waals surface area contributed by atoms with E-state index in [2.05, 4.69) is 31.7 Å². The van der Waals surface area contributed by atoms with Gasteiger partial charge in [0.1, 0.15) is 12.2 Å². The lowest BCUT2D eigenvalue weighted by Crippen LogP contribution is -2.50. The van der Waals surface area contributed by atoms with Gasteiger partial charge in [-0.3, -0.25) is 4.79 Å². The van der Waals surface area contributed by atoms with Crippen LogP contribution in [0.4, 0.5) is 5.82 Å². The highest BCUT2D eigenvalue weighted by Crippen LogP contribution is 2.61. The maximum atomic E-state index is 13.2. The number of nitrogens with one attached hydrogen (secondary N) is 1. The molecule has 7 heteroatoms. The molecule has 1 saturated heterocycles. The van der Waals surface area contributed by atoms with E-state index in [0.29, 0.717) is 5.41 Å². The fraction of sp³-hybridized carbons (Fsp3) is 0.793. The second kappa shape index (κ2) is 8.98. The van der Waals surface area contributed by atoms with Crippen molar-refractivity contribution in [3.05, 3.63) is 12.2 Å². The molecule has 194 valence electrons. The average Bonchev–Trinajstić information content (AvgIpc) is 3.03. The molecule has 4 aliphatic carbocycles. The first kappa shape index (κ1) is 23.0. The van der Waals surface area contributed by atoms with Crippen molar-refractivity contribution in [2.75, 3.05) is 18.0 Å². The first-order valence-corrected chi connectivity index (χ1v) is 14.8. The standard InChI is InChI=1S/C29H42N6O/c1-19(14-29-15-20-11-21(16-29)13-22(12-20)17-29)32-28(36)23-6-9-34(10-7-23)26-25-27(31-18-30-26)35-8-4-2-3-5-24(35)33-25/h18-23H,2-17H2,1H3,(H,32,36)/t19-,20?,21?,22?,29?/m1/s1. The van der Waals surface area contributed by atoms with Gasteiger partial charge in [0.05, 0.1) is 0 Å². The molecule has 8 rings (SSSR count). The number of nitrogens with zero attached hydrogens (tertiary/aromatic N) is 5. The maximum absolute atomic E-state index is 13.2. The predicted octanol–water partition coefficient (Wildman–Crippen LogP) is 4.88. The molecule has 0 unspecified atom stereocenters. The molecule has 4 saturated carbocycles. The molecule has 6 aliphatic rings. The Labute approximate surface area is 214 Å². The third-order valence-corrected chi connectivity index (χ3v) is 10.3. The quantitative estimate of drug-likeness (QED) is 0.646. The Morgan fingerprint density at radius 2 is 1.75 bits per heavy atom. The number of aromatic nitrogens is 4. The topological polar surface area (TPSA) is 75.9 Å². The van der Waals surface area contributed by atoms with E-state index in [-0.39, 0.29) is 17.9 Å². The van der Waals surface area contributed by atoms with Gasteiger partial charge in [0.15, 0.2) is 17.0 Å². The van der Waals surface area contributed by atoms with Crippen LogP contribution < -0.4 is 10.2 Å². The van der Waals surface area contributed by atoms with Gasteiger partial charge in [0.2, 0.25) is 5.91 Å². The second-order valence-electron chi connectivity index (χ2n) is 13.2. The molecule has 1 amide bonds. The molecule has 36 heavy (non-hydrogen) atoms. The van der Waals surface area contributed by atoms with Crippen molar-refractivity contribution >= 4 is 22.9 Å². The summed E-state index contributed by atoms with van der Waals surface area (Å²) >= 11 is 0. The summed E-state index contributed by atoms with van der Waals surface area (Å²) in [7, 11) is 0. The van der Waals surface area contributed by atoms with E-state index in [1.165, 1.54) is 64.2 Å². The number of aryl methyl sites for hydroxylation is 2. The van der Waals surface area contributed by atoms with Crippen molar-refractivity contribution in [1.29, 1.82) is 0 Å². The van der Waals surface area contributed by atoms with E-state index in [1.807, 2.05) is 0 Å². The summed E-state index contributed by atoms with van der Waals surface area (Å²) in [6.45, 7) is 4.98. The number of carbonyl (C=O) groups is 1. The smallest absolute Gasteiger partial charge is 0.223 e. The van der Waals surface area contributed by atoms with Crippen LogP contribution in [0.3, 0.4) is 0 Å². The molecular weight excluding hydrogens is 448 g/mol. The Bertz CT molecular complexity index is 1100. The predicted molar refractivity (Wildman–Crippen MR) is 141 cm³/mol. The highest BCUT2D eigenvalue weighted by Gasteiger charge is 2.51. The van der Waals surface area contributed by atoms with Crippen molar-refractivity contribution in [3.8, 4) is 0 Å². The molecule has 1 atom stereocenters. The number of piperidine rings is 1. The highest BCUT2D eigenvalue weighted by atomic mass is 16.1. The summed E-state index contributed by atoms with van der Waals surface area (Å²) in [5, 5.41) is 3.45. The lowest BCUT2D eigenvalue weighted by atomic mass is 9.48. The van der Waals surface area contributed by atoms with Gasteiger partial charge in [-0.25, -0.2) is 15.0 Å². The van der Waals surface area contributed by atoms with Gasteiger partial charge < -0.3 is 14.8 Å². The number of carbonyl (C=O) groups excluding carboxylic acids is 1. The number of rotatable bonds is 5. The van der Waals surface area contributed by atoms with Crippen LogP contribution in [-0.2, 0) is 17.8 Å².